The van der Waals surface area contributed by atoms with Crippen molar-refractivity contribution < 1.29 is 19.4 Å². The van der Waals surface area contributed by atoms with Crippen LogP contribution in [0, 0.1) is 0 Å². The van der Waals surface area contributed by atoms with Crippen molar-refractivity contribution >= 4 is 12.4 Å². The van der Waals surface area contributed by atoms with E-state index in [0.29, 0.717) is 6.42 Å². The zero-order chi connectivity index (χ0) is 9.61. The van der Waals surface area contributed by atoms with Crippen LogP contribution in [-0.4, -0.2) is 23.1 Å². The first-order valence-electron chi connectivity index (χ1n) is 3.91. The lowest BCUT2D eigenvalue weighted by molar-refractivity contribution is -0.169. The van der Waals surface area contributed by atoms with Gasteiger partial charge in [-0.2, -0.15) is 0 Å². The fraction of sp³-hybridized carbons (Fsp3) is 0.750. The van der Waals surface area contributed by atoms with Crippen LogP contribution in [-0.2, 0) is 14.3 Å². The highest BCUT2D eigenvalue weighted by molar-refractivity contribution is 5.78. The van der Waals surface area contributed by atoms with Gasteiger partial charge in [-0.25, -0.2) is 4.79 Å². The van der Waals surface area contributed by atoms with Gasteiger partial charge in [-0.15, -0.1) is 0 Å². The van der Waals surface area contributed by atoms with Crippen molar-refractivity contribution in [2.24, 2.45) is 0 Å². The van der Waals surface area contributed by atoms with Crippen molar-refractivity contribution in [3.8, 4) is 0 Å². The Kier molecular flexibility index (Phi) is 4.33. The maximum Gasteiger partial charge on any atom is 0.347 e. The van der Waals surface area contributed by atoms with E-state index in [1.54, 1.807) is 0 Å². The highest BCUT2D eigenvalue weighted by Gasteiger charge is 2.34. The lowest BCUT2D eigenvalue weighted by Gasteiger charge is -2.21. The molecule has 0 saturated carbocycles. The molecule has 0 aromatic heterocycles. The van der Waals surface area contributed by atoms with Crippen LogP contribution in [0.25, 0.3) is 0 Å². The Morgan fingerprint density at radius 3 is 2.58 bits per heavy atom. The number of carbonyl (C=O) groups excluding carboxylic acids is 1. The normalized spacial score (nSPS) is 14.8. The van der Waals surface area contributed by atoms with Crippen molar-refractivity contribution in [2.75, 3.05) is 0 Å². The van der Waals surface area contributed by atoms with Gasteiger partial charge in [0.25, 0.3) is 6.47 Å². The van der Waals surface area contributed by atoms with E-state index < -0.39 is 11.6 Å². The molecule has 4 heteroatoms. The molecule has 1 N–H and O–H groups in total. The van der Waals surface area contributed by atoms with E-state index in [9.17, 15) is 9.59 Å². The molecule has 0 aliphatic heterocycles. The van der Waals surface area contributed by atoms with Crippen LogP contribution in [0.4, 0.5) is 0 Å². The minimum Gasteiger partial charge on any atom is -0.478 e. The van der Waals surface area contributed by atoms with E-state index >= 15 is 0 Å². The van der Waals surface area contributed by atoms with E-state index in [-0.39, 0.29) is 6.47 Å². The Morgan fingerprint density at radius 2 is 2.25 bits per heavy atom. The fourth-order valence-corrected chi connectivity index (χ4v) is 0.837. The molecule has 1 atom stereocenters. The number of unbranched alkanes of at least 4 members (excludes halogenated alkanes) is 1. The standard InChI is InChI=1S/C8H14O4/c1-3-4-5-8(2,7(10)11)12-6-9/h6H,3-5H2,1-2H3,(H,10,11)/t8-/m0/s1. The summed E-state index contributed by atoms with van der Waals surface area (Å²) in [6.45, 7) is 3.53. The van der Waals surface area contributed by atoms with Gasteiger partial charge in [0.2, 0.25) is 5.60 Å². The second-order valence-electron chi connectivity index (χ2n) is 2.85. The Balaban J connectivity index is 4.17. The second-order valence-corrected chi connectivity index (χ2v) is 2.85. The van der Waals surface area contributed by atoms with Crippen LogP contribution in [0.5, 0.6) is 0 Å². The van der Waals surface area contributed by atoms with Crippen LogP contribution in [0.2, 0.25) is 0 Å². The molecule has 0 saturated heterocycles. The maximum atomic E-state index is 10.6. The molecule has 0 heterocycles. The summed E-state index contributed by atoms with van der Waals surface area (Å²) < 4.78 is 4.51. The van der Waals surface area contributed by atoms with Gasteiger partial charge in [0.15, 0.2) is 0 Å². The molecule has 0 aliphatic rings. The number of rotatable bonds is 6. The second kappa shape index (κ2) is 4.74. The van der Waals surface area contributed by atoms with E-state index in [4.69, 9.17) is 5.11 Å². The minimum atomic E-state index is -1.35. The molecule has 70 valence electrons. The summed E-state index contributed by atoms with van der Waals surface area (Å²) in [6, 6.07) is 0. The summed E-state index contributed by atoms with van der Waals surface area (Å²) in [4.78, 5) is 20.6. The summed E-state index contributed by atoms with van der Waals surface area (Å²) in [5.41, 5.74) is -1.35. The van der Waals surface area contributed by atoms with Gasteiger partial charge < -0.3 is 9.84 Å². The molecule has 0 spiro atoms. The van der Waals surface area contributed by atoms with Crippen molar-refractivity contribution in [1.82, 2.24) is 0 Å². The summed E-state index contributed by atoms with van der Waals surface area (Å²) in [6.07, 6.45) is 1.97. The Hall–Kier alpha value is -1.06. The highest BCUT2D eigenvalue weighted by Crippen LogP contribution is 2.17. The van der Waals surface area contributed by atoms with Crippen molar-refractivity contribution in [3.05, 3.63) is 0 Å². The van der Waals surface area contributed by atoms with Crippen molar-refractivity contribution in [2.45, 2.75) is 38.7 Å². The number of ether oxygens (including phenoxy) is 1. The molecule has 4 nitrogen and oxygen atoms in total. The molecule has 0 unspecified atom stereocenters. The predicted octanol–water partition coefficient (Wildman–Crippen LogP) is 1.19. The average molecular weight is 174 g/mol. The Bertz CT molecular complexity index is 166. The lowest BCUT2D eigenvalue weighted by Crippen LogP contribution is -2.37. The third-order valence-electron chi connectivity index (χ3n) is 1.77. The minimum absolute atomic E-state index is 0.184. The first-order chi connectivity index (χ1) is 5.56. The van der Waals surface area contributed by atoms with Crippen LogP contribution in [0.1, 0.15) is 33.1 Å². The van der Waals surface area contributed by atoms with Gasteiger partial charge in [0.05, 0.1) is 0 Å². The monoisotopic (exact) mass is 174 g/mol. The lowest BCUT2D eigenvalue weighted by atomic mass is 9.99. The SMILES string of the molecule is CCCC[C@](C)(OC=O)C(=O)O. The van der Waals surface area contributed by atoms with Crippen molar-refractivity contribution in [3.63, 3.8) is 0 Å². The first-order valence-corrected chi connectivity index (χ1v) is 3.91. The van der Waals surface area contributed by atoms with Crippen LogP contribution in [0.15, 0.2) is 0 Å². The summed E-state index contributed by atoms with van der Waals surface area (Å²) in [7, 11) is 0. The smallest absolute Gasteiger partial charge is 0.347 e. The Morgan fingerprint density at radius 1 is 1.67 bits per heavy atom. The molecule has 0 aromatic rings. The molecule has 0 rings (SSSR count). The van der Waals surface area contributed by atoms with Gasteiger partial charge in [-0.05, 0) is 19.8 Å². The molecule has 0 aliphatic carbocycles. The molecule has 0 amide bonds. The topological polar surface area (TPSA) is 63.6 Å². The number of aliphatic carboxylic acids is 1. The molecule has 0 bridgehead atoms. The largest absolute Gasteiger partial charge is 0.478 e. The molecule has 0 aromatic carbocycles. The van der Waals surface area contributed by atoms with Crippen LogP contribution in [0.3, 0.4) is 0 Å². The van der Waals surface area contributed by atoms with Crippen molar-refractivity contribution in [1.29, 1.82) is 0 Å². The average Bonchev–Trinajstić information content (AvgIpc) is 2.01. The predicted molar refractivity (Wildman–Crippen MR) is 42.7 cm³/mol. The number of carboxylic acid groups (broad SMARTS) is 1. The van der Waals surface area contributed by atoms with E-state index in [0.717, 1.165) is 12.8 Å². The molecular formula is C8H14O4. The molecule has 0 fully saturated rings. The summed E-state index contributed by atoms with van der Waals surface area (Å²) >= 11 is 0. The maximum absolute atomic E-state index is 10.6. The van der Waals surface area contributed by atoms with Gasteiger partial charge >= 0.3 is 5.97 Å². The third-order valence-corrected chi connectivity index (χ3v) is 1.77. The number of carbonyl (C=O) groups is 2. The number of hydrogen-bond acceptors (Lipinski definition) is 3. The van der Waals surface area contributed by atoms with E-state index in [2.05, 4.69) is 4.74 Å². The number of hydrogen-bond donors (Lipinski definition) is 1. The fourth-order valence-electron chi connectivity index (χ4n) is 0.837. The van der Waals surface area contributed by atoms with Gasteiger partial charge in [0.1, 0.15) is 0 Å². The van der Waals surface area contributed by atoms with Gasteiger partial charge in [-0.3, -0.25) is 4.79 Å². The molecule has 0 radical (unpaired) electrons. The molecular weight excluding hydrogens is 160 g/mol. The Labute approximate surface area is 71.5 Å². The summed E-state index contributed by atoms with van der Waals surface area (Å²) in [5.74, 6) is -1.09. The highest BCUT2D eigenvalue weighted by atomic mass is 16.6. The van der Waals surface area contributed by atoms with E-state index in [1.165, 1.54) is 6.92 Å². The quantitative estimate of drug-likeness (QED) is 0.614. The van der Waals surface area contributed by atoms with Gasteiger partial charge in [-0.1, -0.05) is 13.3 Å². The van der Waals surface area contributed by atoms with Crippen LogP contribution >= 0.6 is 0 Å². The summed E-state index contributed by atoms with van der Waals surface area (Å²) in [5, 5.41) is 8.71. The third kappa shape index (κ3) is 2.90. The van der Waals surface area contributed by atoms with Crippen LogP contribution < -0.4 is 0 Å². The first kappa shape index (κ1) is 10.9. The van der Waals surface area contributed by atoms with Gasteiger partial charge in [0, 0.05) is 0 Å². The zero-order valence-electron chi connectivity index (χ0n) is 7.37. The van der Waals surface area contributed by atoms with E-state index in [1.807, 2.05) is 6.92 Å². The molecule has 12 heavy (non-hydrogen) atoms. The number of carboxylic acids is 1. The zero-order valence-corrected chi connectivity index (χ0v) is 7.37.